The third-order valence-corrected chi connectivity index (χ3v) is 6.13. The van der Waals surface area contributed by atoms with E-state index in [0.29, 0.717) is 22.7 Å². The van der Waals surface area contributed by atoms with Crippen molar-refractivity contribution in [3.8, 4) is 11.4 Å². The van der Waals surface area contributed by atoms with E-state index in [4.69, 9.17) is 4.74 Å². The smallest absolute Gasteiger partial charge is 0.272 e. The molecule has 1 heterocycles. The van der Waals surface area contributed by atoms with Gasteiger partial charge in [0.15, 0.2) is 5.69 Å². The Kier molecular flexibility index (Phi) is 9.98. The Labute approximate surface area is 220 Å². The number of carboxylic acid groups (broad SMARTS) is 1. The SMILES string of the molecule is COc1cccc(CNC(=O)c2nn(-c3ccc(F)cc3)c(CC[C@@H](O)C[C@@H](O)CC(=O)[O-])c2C(C)C)c1. The summed E-state index contributed by atoms with van der Waals surface area (Å²) in [5.74, 6) is -1.64. The molecule has 10 heteroatoms. The molecule has 0 saturated carbocycles. The molecule has 38 heavy (non-hydrogen) atoms. The Morgan fingerprint density at radius 2 is 1.84 bits per heavy atom. The number of halogens is 1. The first-order valence-electron chi connectivity index (χ1n) is 12.4. The van der Waals surface area contributed by atoms with Crippen LogP contribution in [0.15, 0.2) is 48.5 Å². The number of nitrogens with one attached hydrogen (secondary N) is 1. The number of carbonyl (C=O) groups excluding carboxylic acids is 2. The fourth-order valence-electron chi connectivity index (χ4n) is 4.34. The molecule has 204 valence electrons. The van der Waals surface area contributed by atoms with Gasteiger partial charge in [-0.25, -0.2) is 9.07 Å². The molecule has 0 bridgehead atoms. The maximum Gasteiger partial charge on any atom is 0.272 e. The minimum atomic E-state index is -1.40. The van der Waals surface area contributed by atoms with Crippen LogP contribution < -0.4 is 15.2 Å². The van der Waals surface area contributed by atoms with E-state index in [9.17, 15) is 29.3 Å². The van der Waals surface area contributed by atoms with Crippen LogP contribution in [0.25, 0.3) is 5.69 Å². The minimum Gasteiger partial charge on any atom is -0.550 e. The molecule has 0 fully saturated rings. The van der Waals surface area contributed by atoms with Gasteiger partial charge in [0.25, 0.3) is 5.91 Å². The van der Waals surface area contributed by atoms with Gasteiger partial charge < -0.3 is 30.2 Å². The Hall–Kier alpha value is -3.76. The molecular weight excluding hydrogens is 493 g/mol. The maximum absolute atomic E-state index is 13.6. The van der Waals surface area contributed by atoms with Crippen molar-refractivity contribution in [2.75, 3.05) is 7.11 Å². The summed E-state index contributed by atoms with van der Waals surface area (Å²) in [7, 11) is 1.57. The summed E-state index contributed by atoms with van der Waals surface area (Å²) in [6, 6.07) is 13.0. The lowest BCUT2D eigenvalue weighted by atomic mass is 9.95. The van der Waals surface area contributed by atoms with Crippen molar-refractivity contribution in [1.82, 2.24) is 15.1 Å². The lowest BCUT2D eigenvalue weighted by Crippen LogP contribution is -2.29. The number of aromatic nitrogens is 2. The maximum atomic E-state index is 13.6. The number of amides is 1. The summed E-state index contributed by atoms with van der Waals surface area (Å²) in [4.78, 5) is 24.0. The van der Waals surface area contributed by atoms with Gasteiger partial charge >= 0.3 is 0 Å². The Morgan fingerprint density at radius 3 is 2.47 bits per heavy atom. The molecule has 9 nitrogen and oxygen atoms in total. The Morgan fingerprint density at radius 1 is 1.13 bits per heavy atom. The number of aliphatic hydroxyl groups excluding tert-OH is 2. The van der Waals surface area contributed by atoms with Gasteiger partial charge in [-0.15, -0.1) is 0 Å². The van der Waals surface area contributed by atoms with Gasteiger partial charge in [0.1, 0.15) is 11.6 Å². The van der Waals surface area contributed by atoms with Crippen molar-refractivity contribution in [3.63, 3.8) is 0 Å². The normalized spacial score (nSPS) is 12.8. The lowest BCUT2D eigenvalue weighted by molar-refractivity contribution is -0.307. The number of aliphatic hydroxyl groups is 2. The highest BCUT2D eigenvalue weighted by molar-refractivity contribution is 5.94. The Balaban J connectivity index is 1.90. The number of carbonyl (C=O) groups is 2. The van der Waals surface area contributed by atoms with Crippen molar-refractivity contribution in [2.24, 2.45) is 0 Å². The average Bonchev–Trinajstić information content (AvgIpc) is 3.26. The van der Waals surface area contributed by atoms with E-state index in [1.807, 2.05) is 38.1 Å². The van der Waals surface area contributed by atoms with Gasteiger partial charge in [-0.2, -0.15) is 5.10 Å². The highest BCUT2D eigenvalue weighted by atomic mass is 19.1. The molecule has 2 atom stereocenters. The molecule has 0 unspecified atom stereocenters. The monoisotopic (exact) mass is 526 g/mol. The van der Waals surface area contributed by atoms with Gasteiger partial charge in [-0.1, -0.05) is 26.0 Å². The largest absolute Gasteiger partial charge is 0.550 e. The van der Waals surface area contributed by atoms with E-state index in [0.717, 1.165) is 5.56 Å². The van der Waals surface area contributed by atoms with E-state index >= 15 is 0 Å². The molecule has 1 aromatic heterocycles. The van der Waals surface area contributed by atoms with Gasteiger partial charge in [0.2, 0.25) is 0 Å². The third-order valence-electron chi connectivity index (χ3n) is 6.13. The number of benzene rings is 2. The van der Waals surface area contributed by atoms with Crippen molar-refractivity contribution < 1.29 is 34.0 Å². The van der Waals surface area contributed by atoms with Crippen LogP contribution in [0, 0.1) is 5.82 Å². The first-order valence-corrected chi connectivity index (χ1v) is 12.4. The molecule has 0 radical (unpaired) electrons. The number of aliphatic carboxylic acids is 1. The Bertz CT molecular complexity index is 1240. The molecule has 0 saturated heterocycles. The van der Waals surface area contributed by atoms with Crippen LogP contribution in [-0.4, -0.2) is 51.2 Å². The zero-order valence-corrected chi connectivity index (χ0v) is 21.7. The number of ether oxygens (including phenoxy) is 1. The average molecular weight is 527 g/mol. The summed E-state index contributed by atoms with van der Waals surface area (Å²) in [6.45, 7) is 4.10. The summed E-state index contributed by atoms with van der Waals surface area (Å²) in [6.07, 6.45) is -2.48. The highest BCUT2D eigenvalue weighted by Gasteiger charge is 2.26. The quantitative estimate of drug-likeness (QED) is 0.311. The zero-order valence-electron chi connectivity index (χ0n) is 21.7. The van der Waals surface area contributed by atoms with Crippen LogP contribution in [0.3, 0.4) is 0 Å². The summed E-state index contributed by atoms with van der Waals surface area (Å²) < 4.78 is 20.4. The van der Waals surface area contributed by atoms with Crippen LogP contribution in [-0.2, 0) is 17.8 Å². The standard InChI is InChI=1S/C28H34FN3O6/c1-17(2)26-24(12-11-21(33)14-22(34)15-25(35)36)32(20-9-7-19(29)8-10-20)31-27(26)28(37)30-16-18-5-4-6-23(13-18)38-3/h4-10,13,17,21-22,33-34H,11-12,14-16H2,1-3H3,(H,30,37)(H,35,36)/p-1/t21-,22-/m1/s1. The summed E-state index contributed by atoms with van der Waals surface area (Å²) >= 11 is 0. The molecule has 0 aliphatic carbocycles. The highest BCUT2D eigenvalue weighted by Crippen LogP contribution is 2.28. The molecule has 0 aliphatic rings. The van der Waals surface area contributed by atoms with Crippen molar-refractivity contribution in [2.45, 2.75) is 64.2 Å². The van der Waals surface area contributed by atoms with Crippen LogP contribution in [0.2, 0.25) is 0 Å². The van der Waals surface area contributed by atoms with E-state index in [-0.39, 0.29) is 43.3 Å². The zero-order chi connectivity index (χ0) is 27.8. The molecule has 3 rings (SSSR count). The van der Waals surface area contributed by atoms with E-state index < -0.39 is 30.4 Å². The molecule has 0 aliphatic heterocycles. The van der Waals surface area contributed by atoms with Gasteiger partial charge in [0.05, 0.1) is 25.0 Å². The molecule has 1 amide bonds. The number of carboxylic acids is 1. The van der Waals surface area contributed by atoms with E-state index in [1.54, 1.807) is 23.9 Å². The fraction of sp³-hybridized carbons (Fsp3) is 0.393. The predicted molar refractivity (Wildman–Crippen MR) is 136 cm³/mol. The van der Waals surface area contributed by atoms with Crippen LogP contribution >= 0.6 is 0 Å². The summed E-state index contributed by atoms with van der Waals surface area (Å²) in [5, 5.41) is 38.5. The van der Waals surface area contributed by atoms with E-state index in [1.165, 1.54) is 12.1 Å². The second-order valence-corrected chi connectivity index (χ2v) is 9.44. The molecule has 2 aromatic carbocycles. The second-order valence-electron chi connectivity index (χ2n) is 9.44. The van der Waals surface area contributed by atoms with Gasteiger partial charge in [0, 0.05) is 30.2 Å². The number of rotatable bonds is 13. The first-order chi connectivity index (χ1) is 18.1. The van der Waals surface area contributed by atoms with Crippen molar-refractivity contribution in [3.05, 3.63) is 76.9 Å². The van der Waals surface area contributed by atoms with Crippen LogP contribution in [0.4, 0.5) is 4.39 Å². The molecule has 3 N–H and O–H groups in total. The van der Waals surface area contributed by atoms with Gasteiger partial charge in [-0.05, 0) is 67.1 Å². The number of methoxy groups -OCH3 is 1. The molecule has 0 spiro atoms. The molecular formula is C28H33FN3O6-. The fourth-order valence-corrected chi connectivity index (χ4v) is 4.34. The number of nitrogens with zero attached hydrogens (tertiary/aromatic N) is 2. The third kappa shape index (κ3) is 7.62. The number of hydrogen-bond donors (Lipinski definition) is 3. The van der Waals surface area contributed by atoms with Gasteiger partial charge in [-0.3, -0.25) is 4.79 Å². The van der Waals surface area contributed by atoms with Crippen LogP contribution in [0.5, 0.6) is 5.75 Å². The summed E-state index contributed by atoms with van der Waals surface area (Å²) in [5.41, 5.74) is 2.95. The van der Waals surface area contributed by atoms with E-state index in [2.05, 4.69) is 10.4 Å². The second kappa shape index (κ2) is 13.2. The molecule has 3 aromatic rings. The predicted octanol–water partition coefficient (Wildman–Crippen LogP) is 2.26. The van der Waals surface area contributed by atoms with Crippen molar-refractivity contribution in [1.29, 1.82) is 0 Å². The lowest BCUT2D eigenvalue weighted by Gasteiger charge is -2.17. The topological polar surface area (TPSA) is 137 Å². The number of hydrogen-bond acceptors (Lipinski definition) is 7. The van der Waals surface area contributed by atoms with Crippen LogP contribution in [0.1, 0.15) is 66.3 Å². The first kappa shape index (κ1) is 28.8. The minimum absolute atomic E-state index is 0.113. The van der Waals surface area contributed by atoms with Crippen molar-refractivity contribution >= 4 is 11.9 Å².